The molecule has 2 heteroatoms. The predicted octanol–water partition coefficient (Wildman–Crippen LogP) is 1.43. The molecule has 0 amide bonds. The summed E-state index contributed by atoms with van der Waals surface area (Å²) in [5, 5.41) is 7.57. The lowest BCUT2D eigenvalue weighted by molar-refractivity contribution is 0.194. The van der Waals surface area contributed by atoms with Gasteiger partial charge in [-0.15, -0.1) is 0 Å². The summed E-state index contributed by atoms with van der Waals surface area (Å²) in [5.74, 6) is 0. The van der Waals surface area contributed by atoms with Crippen LogP contribution >= 0.6 is 0 Å². The number of rotatable bonds is 3. The van der Waals surface area contributed by atoms with Gasteiger partial charge in [0.1, 0.15) is 0 Å². The van der Waals surface area contributed by atoms with Gasteiger partial charge in [0.05, 0.1) is 0 Å². The van der Waals surface area contributed by atoms with Crippen molar-refractivity contribution < 1.29 is 9.84 Å². The fourth-order valence-corrected chi connectivity index (χ4v) is 0.289. The van der Waals surface area contributed by atoms with Crippen LogP contribution in [0.5, 0.6) is 0 Å². The van der Waals surface area contributed by atoms with Crippen molar-refractivity contribution in [3.63, 3.8) is 0 Å². The lowest BCUT2D eigenvalue weighted by Gasteiger charge is -1.89. The van der Waals surface area contributed by atoms with Gasteiger partial charge in [-0.25, -0.2) is 0 Å². The van der Waals surface area contributed by atoms with Crippen LogP contribution in [-0.4, -0.2) is 25.4 Å². The van der Waals surface area contributed by atoms with E-state index in [0.29, 0.717) is 0 Å². The average Bonchev–Trinajstić information content (AvgIpc) is 1.86. The topological polar surface area (TPSA) is 29.5 Å². The van der Waals surface area contributed by atoms with Crippen molar-refractivity contribution >= 4 is 0 Å². The van der Waals surface area contributed by atoms with Crippen LogP contribution in [0.2, 0.25) is 0 Å². The van der Waals surface area contributed by atoms with Gasteiger partial charge >= 0.3 is 0 Å². The normalized spacial score (nSPS) is 8.00. The molecule has 0 rings (SSSR count). The van der Waals surface area contributed by atoms with Crippen molar-refractivity contribution in [1.29, 1.82) is 0 Å². The molecule has 0 aromatic heterocycles. The minimum Gasteiger partial charge on any atom is -0.397 e. The third-order valence-electron chi connectivity index (χ3n) is 0.702. The van der Waals surface area contributed by atoms with Crippen LogP contribution in [0.25, 0.3) is 0 Å². The van der Waals surface area contributed by atoms with E-state index in [0.717, 1.165) is 6.61 Å². The Kier molecular flexibility index (Phi) is 20.3. The van der Waals surface area contributed by atoms with Crippen LogP contribution < -0.4 is 0 Å². The molecule has 1 N–H and O–H groups in total. The van der Waals surface area contributed by atoms with Crippen molar-refractivity contribution in [2.75, 3.05) is 20.3 Å². The molecule has 2 nitrogen and oxygen atoms in total. The van der Waals surface area contributed by atoms with E-state index in [1.165, 1.54) is 12.8 Å². The van der Waals surface area contributed by atoms with Crippen molar-refractivity contribution in [3.8, 4) is 0 Å². The quantitative estimate of drug-likeness (QED) is 0.592. The Hall–Kier alpha value is -0.0800. The van der Waals surface area contributed by atoms with Crippen molar-refractivity contribution in [2.45, 2.75) is 26.7 Å². The second-order valence-electron chi connectivity index (χ2n) is 1.66. The molecule has 0 bridgehead atoms. The van der Waals surface area contributed by atoms with Crippen LogP contribution in [0.15, 0.2) is 0 Å². The van der Waals surface area contributed by atoms with Gasteiger partial charge in [0.25, 0.3) is 0 Å². The molecule has 0 spiro atoms. The molecular weight excluding hydrogens is 116 g/mol. The zero-order valence-electron chi connectivity index (χ0n) is 6.68. The van der Waals surface area contributed by atoms with Gasteiger partial charge in [-0.1, -0.05) is 13.3 Å². The summed E-state index contributed by atoms with van der Waals surface area (Å²) in [6, 6.07) is 0. The smallest absolute Gasteiger partial charge is 0.0462 e. The van der Waals surface area contributed by atoms with E-state index in [-0.39, 0.29) is 6.61 Å². The van der Waals surface area contributed by atoms with Crippen LogP contribution in [0.1, 0.15) is 26.7 Å². The van der Waals surface area contributed by atoms with Gasteiger partial charge in [0, 0.05) is 20.3 Å². The number of unbranched alkanes of at least 4 members (excludes halogenated alkanes) is 1. The second-order valence-corrected chi connectivity index (χ2v) is 1.66. The molecule has 0 unspecified atom stereocenters. The molecule has 0 saturated carbocycles. The fraction of sp³-hybridized carbons (Fsp3) is 1.00. The zero-order valence-corrected chi connectivity index (χ0v) is 6.68. The molecular formula is C7H18O2. The number of hydrogen-bond donors (Lipinski definition) is 1. The average molecular weight is 134 g/mol. The zero-order chi connectivity index (χ0) is 7.54. The lowest BCUT2D eigenvalue weighted by atomic mass is 10.4. The van der Waals surface area contributed by atoms with E-state index in [9.17, 15) is 0 Å². The van der Waals surface area contributed by atoms with Gasteiger partial charge < -0.3 is 9.84 Å². The van der Waals surface area contributed by atoms with Crippen LogP contribution in [0.3, 0.4) is 0 Å². The molecule has 58 valence electrons. The lowest BCUT2D eigenvalue weighted by Crippen LogP contribution is -1.84. The molecule has 0 aromatic rings. The highest BCUT2D eigenvalue weighted by Crippen LogP contribution is 1.83. The van der Waals surface area contributed by atoms with E-state index in [2.05, 4.69) is 6.92 Å². The number of aliphatic hydroxyl groups excluding tert-OH is 1. The Morgan fingerprint density at radius 1 is 1.33 bits per heavy atom. The Balaban J connectivity index is 0. The van der Waals surface area contributed by atoms with E-state index in [1.54, 1.807) is 14.0 Å². The minimum absolute atomic E-state index is 0.250. The molecule has 0 heterocycles. The first kappa shape index (κ1) is 11.7. The van der Waals surface area contributed by atoms with Crippen molar-refractivity contribution in [3.05, 3.63) is 0 Å². The van der Waals surface area contributed by atoms with Crippen LogP contribution in [-0.2, 0) is 4.74 Å². The second kappa shape index (κ2) is 15.7. The van der Waals surface area contributed by atoms with Crippen molar-refractivity contribution in [1.82, 2.24) is 0 Å². The Bertz CT molecular complexity index is 26.1. The highest BCUT2D eigenvalue weighted by molar-refractivity contribution is 4.26. The highest BCUT2D eigenvalue weighted by atomic mass is 16.5. The predicted molar refractivity (Wildman–Crippen MR) is 39.5 cm³/mol. The van der Waals surface area contributed by atoms with Gasteiger partial charge in [0.15, 0.2) is 0 Å². The first-order valence-corrected chi connectivity index (χ1v) is 3.43. The summed E-state index contributed by atoms with van der Waals surface area (Å²) in [5.41, 5.74) is 0. The maximum absolute atomic E-state index is 7.57. The van der Waals surface area contributed by atoms with Crippen LogP contribution in [0, 0.1) is 0 Å². The molecule has 9 heavy (non-hydrogen) atoms. The third-order valence-corrected chi connectivity index (χ3v) is 0.702. The Labute approximate surface area is 57.8 Å². The number of methoxy groups -OCH3 is 1. The van der Waals surface area contributed by atoms with Gasteiger partial charge in [0.2, 0.25) is 0 Å². The summed E-state index contributed by atoms with van der Waals surface area (Å²) in [6.07, 6.45) is 2.42. The maximum Gasteiger partial charge on any atom is 0.0462 e. The molecule has 0 radical (unpaired) electrons. The van der Waals surface area contributed by atoms with Gasteiger partial charge in [-0.05, 0) is 13.3 Å². The van der Waals surface area contributed by atoms with E-state index < -0.39 is 0 Å². The van der Waals surface area contributed by atoms with E-state index >= 15 is 0 Å². The van der Waals surface area contributed by atoms with E-state index in [1.807, 2.05) is 0 Å². The molecule has 0 fully saturated rings. The first-order chi connectivity index (χ1) is 4.33. The summed E-state index contributed by atoms with van der Waals surface area (Å²) >= 11 is 0. The standard InChI is InChI=1S/C5H12O.C2H6O/c1-3-4-5-6-2;1-2-3/h3-5H2,1-2H3;3H,2H2,1H3. The molecule has 0 aliphatic heterocycles. The summed E-state index contributed by atoms with van der Waals surface area (Å²) in [4.78, 5) is 0. The SMILES string of the molecule is CCCCOC.CCO. The first-order valence-electron chi connectivity index (χ1n) is 3.43. The summed E-state index contributed by atoms with van der Waals surface area (Å²) in [7, 11) is 1.73. The molecule has 0 aromatic carbocycles. The number of aliphatic hydroxyl groups is 1. The third kappa shape index (κ3) is 32.6. The monoisotopic (exact) mass is 134 g/mol. The summed E-state index contributed by atoms with van der Waals surface area (Å²) < 4.78 is 4.78. The van der Waals surface area contributed by atoms with Gasteiger partial charge in [-0.2, -0.15) is 0 Å². The molecule has 0 aliphatic carbocycles. The summed E-state index contributed by atoms with van der Waals surface area (Å²) in [6.45, 7) is 5.00. The largest absolute Gasteiger partial charge is 0.397 e. The highest BCUT2D eigenvalue weighted by Gasteiger charge is 1.74. The van der Waals surface area contributed by atoms with Crippen LogP contribution in [0.4, 0.5) is 0 Å². The van der Waals surface area contributed by atoms with Crippen molar-refractivity contribution in [2.24, 2.45) is 0 Å². The Morgan fingerprint density at radius 2 is 1.78 bits per heavy atom. The fourth-order valence-electron chi connectivity index (χ4n) is 0.289. The molecule has 0 atom stereocenters. The number of ether oxygens (including phenoxy) is 1. The number of hydrogen-bond acceptors (Lipinski definition) is 2. The Morgan fingerprint density at radius 3 is 1.89 bits per heavy atom. The maximum atomic E-state index is 7.57. The molecule has 0 saturated heterocycles. The minimum atomic E-state index is 0.250. The van der Waals surface area contributed by atoms with E-state index in [4.69, 9.17) is 9.84 Å². The molecule has 0 aliphatic rings. The van der Waals surface area contributed by atoms with Gasteiger partial charge in [-0.3, -0.25) is 0 Å².